The third kappa shape index (κ3) is 4.69. The minimum atomic E-state index is 0.895. The van der Waals surface area contributed by atoms with Gasteiger partial charge in [-0.1, -0.05) is 146 Å². The van der Waals surface area contributed by atoms with Crippen LogP contribution in [0, 0.1) is 0 Å². The molecule has 0 bridgehead atoms. The Balaban J connectivity index is 1.01. The predicted molar refractivity (Wildman–Crippen MR) is 264 cm³/mol. The Hall–Kier alpha value is -8.20. The summed E-state index contributed by atoms with van der Waals surface area (Å²) in [6.45, 7) is 0. The number of benzene rings is 12. The second-order valence-corrected chi connectivity index (χ2v) is 16.8. The molecule has 0 fully saturated rings. The standard InChI is InChI=1S/C60H35NO/c1-2-16-40(17-3-1)61-55-25-13-12-20-43(55)52-32-38(26-28-56(52)61)59-44-21-8-10-23-46(44)60(47-24-11-9-22-45(47)59)39-27-29-57-53(33-39)54-34-50-49-31-37-15-5-4-14-36(37)30-48(49)41-18-6-7-19-42(41)51(50)35-58(54)62-57/h1-35H. The summed E-state index contributed by atoms with van der Waals surface area (Å²) in [6.07, 6.45) is 0. The normalized spacial score (nSPS) is 12.2. The van der Waals surface area contributed by atoms with Crippen molar-refractivity contribution < 1.29 is 4.42 Å². The number of furan rings is 1. The highest BCUT2D eigenvalue weighted by Gasteiger charge is 2.21. The lowest BCUT2D eigenvalue weighted by Gasteiger charge is -2.18. The lowest BCUT2D eigenvalue weighted by molar-refractivity contribution is 0.669. The molecule has 62 heavy (non-hydrogen) atoms. The topological polar surface area (TPSA) is 18.1 Å². The van der Waals surface area contributed by atoms with Crippen molar-refractivity contribution in [2.45, 2.75) is 0 Å². The zero-order chi connectivity index (χ0) is 40.5. The van der Waals surface area contributed by atoms with E-state index in [0.717, 1.165) is 27.6 Å². The maximum atomic E-state index is 6.73. The molecule has 0 N–H and O–H groups in total. The van der Waals surface area contributed by atoms with Crippen LogP contribution in [0.15, 0.2) is 217 Å². The molecule has 0 aliphatic carbocycles. The van der Waals surface area contributed by atoms with Gasteiger partial charge in [0.05, 0.1) is 11.0 Å². The average Bonchev–Trinajstić information content (AvgIpc) is 3.87. The molecule has 2 heteroatoms. The fourth-order valence-electron chi connectivity index (χ4n) is 10.8. The molecule has 0 unspecified atom stereocenters. The van der Waals surface area contributed by atoms with Crippen LogP contribution in [0.4, 0.5) is 0 Å². The van der Waals surface area contributed by atoms with E-state index in [1.165, 1.54) is 109 Å². The Morgan fingerprint density at radius 3 is 1.35 bits per heavy atom. The maximum Gasteiger partial charge on any atom is 0.136 e. The van der Waals surface area contributed by atoms with Crippen LogP contribution in [0.1, 0.15) is 0 Å². The molecule has 0 aliphatic heterocycles. The fourth-order valence-corrected chi connectivity index (χ4v) is 10.8. The Bertz CT molecular complexity index is 4150. The van der Waals surface area contributed by atoms with Gasteiger partial charge in [0, 0.05) is 27.2 Å². The summed E-state index contributed by atoms with van der Waals surface area (Å²) < 4.78 is 9.12. The Labute approximate surface area is 356 Å². The molecule has 2 nitrogen and oxygen atoms in total. The van der Waals surface area contributed by atoms with E-state index in [-0.39, 0.29) is 0 Å². The molecule has 2 aromatic heterocycles. The minimum Gasteiger partial charge on any atom is -0.456 e. The molecule has 0 saturated carbocycles. The number of hydrogen-bond acceptors (Lipinski definition) is 1. The van der Waals surface area contributed by atoms with E-state index in [9.17, 15) is 0 Å². The number of rotatable bonds is 3. The molecule has 2 heterocycles. The van der Waals surface area contributed by atoms with Crippen LogP contribution >= 0.6 is 0 Å². The Kier molecular flexibility index (Phi) is 6.86. The van der Waals surface area contributed by atoms with Crippen molar-refractivity contribution in [2.75, 3.05) is 0 Å². The van der Waals surface area contributed by atoms with Gasteiger partial charge in [0.15, 0.2) is 0 Å². The summed E-state index contributed by atoms with van der Waals surface area (Å²) in [5.41, 5.74) is 10.3. The number of para-hydroxylation sites is 2. The summed E-state index contributed by atoms with van der Waals surface area (Å²) in [7, 11) is 0. The van der Waals surface area contributed by atoms with Crippen molar-refractivity contribution in [3.05, 3.63) is 212 Å². The van der Waals surface area contributed by atoms with E-state index in [1.54, 1.807) is 0 Å². The second-order valence-electron chi connectivity index (χ2n) is 16.8. The minimum absolute atomic E-state index is 0.895. The van der Waals surface area contributed by atoms with Gasteiger partial charge >= 0.3 is 0 Å². The number of hydrogen-bond donors (Lipinski definition) is 0. The lowest BCUT2D eigenvalue weighted by Crippen LogP contribution is -1.93. The Morgan fingerprint density at radius 2 is 0.710 bits per heavy atom. The molecule has 0 saturated heterocycles. The zero-order valence-electron chi connectivity index (χ0n) is 33.6. The smallest absolute Gasteiger partial charge is 0.136 e. The molecule has 0 spiro atoms. The van der Waals surface area contributed by atoms with Crippen LogP contribution in [0.2, 0.25) is 0 Å². The largest absolute Gasteiger partial charge is 0.456 e. The summed E-state index contributed by atoms with van der Waals surface area (Å²) in [4.78, 5) is 0. The molecular weight excluding hydrogens is 751 g/mol. The first-order valence-electron chi connectivity index (χ1n) is 21.4. The highest BCUT2D eigenvalue weighted by molar-refractivity contribution is 6.30. The first kappa shape index (κ1) is 33.6. The van der Waals surface area contributed by atoms with Crippen LogP contribution in [-0.2, 0) is 0 Å². The maximum absolute atomic E-state index is 6.73. The van der Waals surface area contributed by atoms with Gasteiger partial charge in [0.2, 0.25) is 0 Å². The van der Waals surface area contributed by atoms with Crippen LogP contribution in [0.25, 0.3) is 136 Å². The summed E-state index contributed by atoms with van der Waals surface area (Å²) >= 11 is 0. The van der Waals surface area contributed by atoms with E-state index in [0.29, 0.717) is 0 Å². The number of nitrogens with zero attached hydrogens (tertiary/aromatic N) is 1. The first-order chi connectivity index (χ1) is 30.7. The van der Waals surface area contributed by atoms with Gasteiger partial charge in [-0.15, -0.1) is 0 Å². The van der Waals surface area contributed by atoms with Crippen molar-refractivity contribution >= 4 is 108 Å². The molecule has 286 valence electrons. The van der Waals surface area contributed by atoms with Crippen molar-refractivity contribution in [1.82, 2.24) is 4.57 Å². The van der Waals surface area contributed by atoms with Crippen molar-refractivity contribution in [2.24, 2.45) is 0 Å². The van der Waals surface area contributed by atoms with Crippen LogP contribution < -0.4 is 0 Å². The summed E-state index contributed by atoms with van der Waals surface area (Å²) in [6, 6.07) is 78.1. The van der Waals surface area contributed by atoms with Crippen LogP contribution in [0.5, 0.6) is 0 Å². The molecule has 0 atom stereocenters. The van der Waals surface area contributed by atoms with Crippen LogP contribution in [0.3, 0.4) is 0 Å². The van der Waals surface area contributed by atoms with Gasteiger partial charge in [0.25, 0.3) is 0 Å². The van der Waals surface area contributed by atoms with Gasteiger partial charge in [-0.2, -0.15) is 0 Å². The van der Waals surface area contributed by atoms with E-state index in [2.05, 4.69) is 217 Å². The van der Waals surface area contributed by atoms with Gasteiger partial charge in [0.1, 0.15) is 11.2 Å². The first-order valence-corrected chi connectivity index (χ1v) is 21.4. The molecular formula is C60H35NO. The van der Waals surface area contributed by atoms with Crippen molar-refractivity contribution in [3.8, 4) is 27.9 Å². The number of aromatic nitrogens is 1. The second kappa shape index (κ2) is 12.7. The van der Waals surface area contributed by atoms with Gasteiger partial charge in [-0.3, -0.25) is 0 Å². The monoisotopic (exact) mass is 785 g/mol. The Morgan fingerprint density at radius 1 is 0.258 bits per heavy atom. The van der Waals surface area contributed by atoms with E-state index >= 15 is 0 Å². The molecule has 0 amide bonds. The molecule has 14 rings (SSSR count). The van der Waals surface area contributed by atoms with E-state index in [1.807, 2.05) is 0 Å². The predicted octanol–water partition coefficient (Wildman–Crippen LogP) is 16.9. The third-order valence-electron chi connectivity index (χ3n) is 13.5. The highest BCUT2D eigenvalue weighted by atomic mass is 16.3. The van der Waals surface area contributed by atoms with Crippen molar-refractivity contribution in [3.63, 3.8) is 0 Å². The molecule has 0 aliphatic rings. The SMILES string of the molecule is c1ccc(-n2c3ccccc3c3cc(-c4c5ccccc5c(-c5ccc6oc7cc8c9ccccc9c9cc%10ccccc%10cc9c8cc7c6c5)c5ccccc45)ccc32)cc1. The quantitative estimate of drug-likeness (QED) is 0.129. The lowest BCUT2D eigenvalue weighted by atomic mass is 9.85. The fraction of sp³-hybridized carbons (Fsp3) is 0. The summed E-state index contributed by atoms with van der Waals surface area (Å²) in [5, 5.41) is 19.7. The zero-order valence-corrected chi connectivity index (χ0v) is 33.6. The average molecular weight is 786 g/mol. The summed E-state index contributed by atoms with van der Waals surface area (Å²) in [5.74, 6) is 0. The molecule has 12 aromatic carbocycles. The van der Waals surface area contributed by atoms with Gasteiger partial charge in [-0.05, 0) is 154 Å². The number of fused-ring (bicyclic) bond motifs is 15. The van der Waals surface area contributed by atoms with Gasteiger partial charge < -0.3 is 8.98 Å². The third-order valence-corrected chi connectivity index (χ3v) is 13.5. The van der Waals surface area contributed by atoms with Crippen LogP contribution in [-0.4, -0.2) is 4.57 Å². The highest BCUT2D eigenvalue weighted by Crippen LogP contribution is 2.47. The van der Waals surface area contributed by atoms with E-state index < -0.39 is 0 Å². The van der Waals surface area contributed by atoms with Crippen molar-refractivity contribution in [1.29, 1.82) is 0 Å². The molecule has 0 radical (unpaired) electrons. The van der Waals surface area contributed by atoms with E-state index in [4.69, 9.17) is 4.42 Å². The van der Waals surface area contributed by atoms with Gasteiger partial charge in [-0.25, -0.2) is 0 Å². The molecule has 14 aromatic rings.